The minimum Gasteiger partial charge on any atom is -0.271 e. The van der Waals surface area contributed by atoms with Crippen LogP contribution < -0.4 is 11.3 Å². The third-order valence-corrected chi connectivity index (χ3v) is 2.96. The molecule has 1 aromatic heterocycles. The predicted molar refractivity (Wildman–Crippen MR) is 66.2 cm³/mol. The molecule has 0 saturated carbocycles. The molecule has 0 bridgehead atoms. The Hall–Kier alpha value is -2.00. The average Bonchev–Trinajstić information content (AvgIpc) is 2.80. The molecule has 0 amide bonds. The fourth-order valence-corrected chi connectivity index (χ4v) is 2.04. The van der Waals surface area contributed by atoms with Gasteiger partial charge < -0.3 is 0 Å². The molecule has 114 valence electrons. The van der Waals surface area contributed by atoms with Crippen LogP contribution in [0.2, 0.25) is 0 Å². The van der Waals surface area contributed by atoms with Crippen LogP contribution in [-0.2, 0) is 19.6 Å². The third-order valence-electron chi connectivity index (χ3n) is 2.96. The van der Waals surface area contributed by atoms with E-state index in [1.165, 1.54) is 4.68 Å². The van der Waals surface area contributed by atoms with E-state index in [2.05, 4.69) is 15.7 Å². The lowest BCUT2D eigenvalue weighted by Gasteiger charge is -2.20. The first-order chi connectivity index (χ1) is 9.81. The molecule has 5 nitrogen and oxygen atoms in total. The van der Waals surface area contributed by atoms with Crippen molar-refractivity contribution in [3.63, 3.8) is 0 Å². The van der Waals surface area contributed by atoms with Gasteiger partial charge in [0.2, 0.25) is 0 Å². The molecule has 0 aliphatic carbocycles. The number of alkyl halides is 3. The molecule has 0 saturated heterocycles. The fourth-order valence-electron chi connectivity index (χ4n) is 2.04. The Morgan fingerprint density at radius 1 is 1.38 bits per heavy atom. The van der Waals surface area contributed by atoms with E-state index >= 15 is 0 Å². The molecule has 3 N–H and O–H groups in total. The van der Waals surface area contributed by atoms with Gasteiger partial charge in [-0.15, -0.1) is 5.10 Å². The van der Waals surface area contributed by atoms with Gasteiger partial charge in [0.1, 0.15) is 5.82 Å². The van der Waals surface area contributed by atoms with Crippen LogP contribution in [-0.4, -0.2) is 15.0 Å². The number of hydrazine groups is 1. The van der Waals surface area contributed by atoms with Crippen molar-refractivity contribution >= 4 is 0 Å². The van der Waals surface area contributed by atoms with Gasteiger partial charge in [-0.3, -0.25) is 16.0 Å². The Balaban J connectivity index is 2.39. The number of benzene rings is 1. The molecular weight excluding hydrogens is 290 g/mol. The summed E-state index contributed by atoms with van der Waals surface area (Å²) in [4.78, 5) is 0. The maximum absolute atomic E-state index is 13.3. The zero-order chi connectivity index (χ0) is 15.6. The number of aryl methyl sites for hydroxylation is 1. The van der Waals surface area contributed by atoms with E-state index in [0.29, 0.717) is 11.8 Å². The van der Waals surface area contributed by atoms with E-state index in [9.17, 15) is 17.6 Å². The van der Waals surface area contributed by atoms with Gasteiger partial charge in [-0.1, -0.05) is 5.21 Å². The van der Waals surface area contributed by atoms with Crippen molar-refractivity contribution in [1.29, 1.82) is 0 Å². The van der Waals surface area contributed by atoms with Gasteiger partial charge in [0, 0.05) is 19.7 Å². The van der Waals surface area contributed by atoms with Gasteiger partial charge in [0.05, 0.1) is 17.3 Å². The number of hydrogen-bond donors (Lipinski definition) is 2. The molecule has 1 aromatic carbocycles. The quantitative estimate of drug-likeness (QED) is 0.513. The van der Waals surface area contributed by atoms with Crippen molar-refractivity contribution in [1.82, 2.24) is 20.4 Å². The Morgan fingerprint density at radius 2 is 2.10 bits per heavy atom. The van der Waals surface area contributed by atoms with Gasteiger partial charge in [-0.25, -0.2) is 4.39 Å². The van der Waals surface area contributed by atoms with E-state index in [-0.39, 0.29) is 12.0 Å². The summed E-state index contributed by atoms with van der Waals surface area (Å²) in [6.07, 6.45) is -2.99. The second-order valence-corrected chi connectivity index (χ2v) is 4.54. The highest BCUT2D eigenvalue weighted by Crippen LogP contribution is 2.35. The Labute approximate surface area is 117 Å². The van der Waals surface area contributed by atoms with Crippen LogP contribution in [0.25, 0.3) is 0 Å². The third kappa shape index (κ3) is 3.56. The van der Waals surface area contributed by atoms with Gasteiger partial charge >= 0.3 is 6.18 Å². The number of nitrogens with one attached hydrogen (secondary N) is 1. The van der Waals surface area contributed by atoms with Gasteiger partial charge in [-0.2, -0.15) is 13.2 Å². The number of nitrogens with two attached hydrogens (primary N) is 1. The highest BCUT2D eigenvalue weighted by atomic mass is 19.4. The van der Waals surface area contributed by atoms with Crippen molar-refractivity contribution in [3.8, 4) is 0 Å². The van der Waals surface area contributed by atoms with Crippen LogP contribution in [0.5, 0.6) is 0 Å². The molecule has 2 rings (SSSR count). The lowest BCUT2D eigenvalue weighted by molar-refractivity contribution is -0.138. The zero-order valence-corrected chi connectivity index (χ0v) is 11.0. The highest BCUT2D eigenvalue weighted by Gasteiger charge is 2.35. The summed E-state index contributed by atoms with van der Waals surface area (Å²) in [5, 5.41) is 7.47. The van der Waals surface area contributed by atoms with Crippen LogP contribution in [0, 0.1) is 5.82 Å². The molecule has 0 aliphatic rings. The van der Waals surface area contributed by atoms with Crippen molar-refractivity contribution in [2.75, 3.05) is 0 Å². The Kier molecular flexibility index (Phi) is 4.24. The van der Waals surface area contributed by atoms with E-state index in [1.54, 1.807) is 13.2 Å². The fraction of sp³-hybridized carbons (Fsp3) is 0.333. The number of hydrogen-bond acceptors (Lipinski definition) is 4. The zero-order valence-electron chi connectivity index (χ0n) is 11.0. The molecule has 1 heterocycles. The summed E-state index contributed by atoms with van der Waals surface area (Å²) in [7, 11) is 1.63. The van der Waals surface area contributed by atoms with Crippen LogP contribution in [0.1, 0.15) is 22.9 Å². The summed E-state index contributed by atoms with van der Waals surface area (Å²) >= 11 is 0. The largest absolute Gasteiger partial charge is 0.416 e. The normalized spacial score (nSPS) is 13.4. The lowest BCUT2D eigenvalue weighted by atomic mass is 9.97. The lowest BCUT2D eigenvalue weighted by Crippen LogP contribution is -2.31. The molecule has 1 atom stereocenters. The standard InChI is InChI=1S/C12H13F4N5/c1-21-6-8(19-20-21)5-11(18-17)9-4-7(13)2-3-10(9)12(14,15)16/h2-4,6,11,18H,5,17H2,1H3. The first-order valence-corrected chi connectivity index (χ1v) is 5.99. The maximum Gasteiger partial charge on any atom is 0.416 e. The van der Waals surface area contributed by atoms with E-state index in [4.69, 9.17) is 5.84 Å². The first kappa shape index (κ1) is 15.4. The van der Waals surface area contributed by atoms with Gasteiger partial charge in [0.15, 0.2) is 0 Å². The van der Waals surface area contributed by atoms with Crippen molar-refractivity contribution in [3.05, 3.63) is 47.0 Å². The van der Waals surface area contributed by atoms with E-state index in [1.807, 2.05) is 0 Å². The summed E-state index contributed by atoms with van der Waals surface area (Å²) in [6, 6.07) is 1.35. The van der Waals surface area contributed by atoms with Gasteiger partial charge in [-0.05, 0) is 23.8 Å². The highest BCUT2D eigenvalue weighted by molar-refractivity contribution is 5.33. The van der Waals surface area contributed by atoms with E-state index < -0.39 is 23.6 Å². The van der Waals surface area contributed by atoms with Crippen LogP contribution in [0.4, 0.5) is 17.6 Å². The number of nitrogens with zero attached hydrogens (tertiary/aromatic N) is 3. The number of rotatable bonds is 4. The smallest absolute Gasteiger partial charge is 0.271 e. The van der Waals surface area contributed by atoms with Crippen molar-refractivity contribution in [2.24, 2.45) is 12.9 Å². The summed E-state index contributed by atoms with van der Waals surface area (Å²) in [6.45, 7) is 0. The molecule has 1 unspecified atom stereocenters. The Bertz CT molecular complexity index is 622. The second-order valence-electron chi connectivity index (χ2n) is 4.54. The van der Waals surface area contributed by atoms with E-state index in [0.717, 1.165) is 12.1 Å². The maximum atomic E-state index is 13.3. The number of halogens is 4. The first-order valence-electron chi connectivity index (χ1n) is 5.99. The molecule has 2 aromatic rings. The SMILES string of the molecule is Cn1cc(CC(NN)c2cc(F)ccc2C(F)(F)F)nn1. The topological polar surface area (TPSA) is 68.8 Å². The molecule has 0 radical (unpaired) electrons. The predicted octanol–water partition coefficient (Wildman–Crippen LogP) is 1.72. The molecule has 21 heavy (non-hydrogen) atoms. The monoisotopic (exact) mass is 303 g/mol. The summed E-state index contributed by atoms with van der Waals surface area (Å²) < 4.78 is 53.7. The van der Waals surface area contributed by atoms with Crippen molar-refractivity contribution in [2.45, 2.75) is 18.6 Å². The number of aromatic nitrogens is 3. The minimum absolute atomic E-state index is 0.0525. The molecular formula is C12H13F4N5. The molecule has 0 fully saturated rings. The summed E-state index contributed by atoms with van der Waals surface area (Å²) in [5.41, 5.74) is 1.51. The molecule has 0 aliphatic heterocycles. The molecule has 9 heteroatoms. The van der Waals surface area contributed by atoms with Crippen molar-refractivity contribution < 1.29 is 17.6 Å². The minimum atomic E-state index is -4.60. The summed E-state index contributed by atoms with van der Waals surface area (Å²) in [5.74, 6) is 4.56. The van der Waals surface area contributed by atoms with Crippen LogP contribution >= 0.6 is 0 Å². The molecule has 0 spiro atoms. The Morgan fingerprint density at radius 3 is 2.62 bits per heavy atom. The van der Waals surface area contributed by atoms with Crippen LogP contribution in [0.15, 0.2) is 24.4 Å². The van der Waals surface area contributed by atoms with Crippen LogP contribution in [0.3, 0.4) is 0 Å². The van der Waals surface area contributed by atoms with Gasteiger partial charge in [0.25, 0.3) is 0 Å². The second kappa shape index (κ2) is 5.78. The average molecular weight is 303 g/mol.